The number of carbonyl (C=O) groups excluding carboxylic acids is 2. The van der Waals surface area contributed by atoms with Crippen molar-refractivity contribution in [1.29, 1.82) is 0 Å². The number of hydrogen-bond donors (Lipinski definition) is 0. The molecule has 0 bridgehead atoms. The van der Waals surface area contributed by atoms with Crippen molar-refractivity contribution in [2.75, 3.05) is 13.2 Å². The van der Waals surface area contributed by atoms with E-state index in [-0.39, 0.29) is 45.8 Å². The normalized spacial score (nSPS) is 10.3. The number of esters is 1. The van der Waals surface area contributed by atoms with Crippen molar-refractivity contribution in [2.24, 2.45) is 0 Å². The molecule has 0 saturated heterocycles. The third kappa shape index (κ3) is 4.71. The molecule has 0 radical (unpaired) electrons. The van der Waals surface area contributed by atoms with Crippen molar-refractivity contribution < 1.29 is 24.0 Å². The zero-order valence-electron chi connectivity index (χ0n) is 13.5. The van der Waals surface area contributed by atoms with Gasteiger partial charge in [-0.05, 0) is 31.2 Å². The van der Waals surface area contributed by atoms with Gasteiger partial charge in [0.2, 0.25) is 0 Å². The molecule has 0 atom stereocenters. The van der Waals surface area contributed by atoms with E-state index in [1.54, 1.807) is 6.92 Å². The summed E-state index contributed by atoms with van der Waals surface area (Å²) in [6.45, 7) is 1.58. The van der Waals surface area contributed by atoms with E-state index in [1.165, 1.54) is 36.4 Å². The van der Waals surface area contributed by atoms with Gasteiger partial charge in [-0.25, -0.2) is 4.79 Å². The molecule has 2 aromatic rings. The Morgan fingerprint density at radius 1 is 1.12 bits per heavy atom. The maximum Gasteiger partial charge on any atom is 0.344 e. The van der Waals surface area contributed by atoms with Crippen molar-refractivity contribution >= 4 is 40.6 Å². The summed E-state index contributed by atoms with van der Waals surface area (Å²) in [6.07, 6.45) is 0. The number of ether oxygens (including phenoxy) is 2. The van der Waals surface area contributed by atoms with Gasteiger partial charge in [0.15, 0.2) is 12.4 Å². The molecule has 0 fully saturated rings. The SMILES string of the molecule is CCOC(=O)COc1cc(Cl)c(C(=O)c2ccc([N+](=O)[O-])cc2)c(Cl)c1. The van der Waals surface area contributed by atoms with Gasteiger partial charge < -0.3 is 9.47 Å². The van der Waals surface area contributed by atoms with Crippen LogP contribution in [0.1, 0.15) is 22.8 Å². The predicted molar refractivity (Wildman–Crippen MR) is 95.1 cm³/mol. The fourth-order valence-corrected chi connectivity index (χ4v) is 2.71. The van der Waals surface area contributed by atoms with E-state index in [4.69, 9.17) is 32.7 Å². The number of ketones is 1. The second-order valence-electron chi connectivity index (χ2n) is 4.99. The number of hydrogen-bond acceptors (Lipinski definition) is 6. The van der Waals surface area contributed by atoms with E-state index in [0.29, 0.717) is 0 Å². The van der Waals surface area contributed by atoms with Crippen LogP contribution in [0, 0.1) is 10.1 Å². The first-order valence-corrected chi connectivity index (χ1v) is 8.15. The van der Waals surface area contributed by atoms with Crippen molar-refractivity contribution in [3.63, 3.8) is 0 Å². The molecule has 0 aliphatic carbocycles. The standard InChI is InChI=1S/C17H13Cl2NO6/c1-2-25-15(21)9-26-12-7-13(18)16(14(19)8-12)17(22)10-3-5-11(6-4-10)20(23)24/h3-8H,2,9H2,1H3. The van der Waals surface area contributed by atoms with Crippen LogP contribution in [0.2, 0.25) is 10.0 Å². The first kappa shape index (κ1) is 19.7. The highest BCUT2D eigenvalue weighted by Gasteiger charge is 2.19. The number of halogens is 2. The smallest absolute Gasteiger partial charge is 0.344 e. The molecule has 0 spiro atoms. The number of nitro groups is 1. The maximum absolute atomic E-state index is 12.6. The zero-order valence-corrected chi connectivity index (χ0v) is 15.0. The number of non-ortho nitro benzene ring substituents is 1. The van der Waals surface area contributed by atoms with E-state index in [1.807, 2.05) is 0 Å². The van der Waals surface area contributed by atoms with Crippen LogP contribution in [0.5, 0.6) is 5.75 Å². The third-order valence-electron chi connectivity index (χ3n) is 3.25. The molecule has 26 heavy (non-hydrogen) atoms. The minimum Gasteiger partial charge on any atom is -0.482 e. The van der Waals surface area contributed by atoms with Gasteiger partial charge in [0.25, 0.3) is 5.69 Å². The molecule has 0 aliphatic heterocycles. The highest BCUT2D eigenvalue weighted by atomic mass is 35.5. The molecule has 0 heterocycles. The highest BCUT2D eigenvalue weighted by molar-refractivity contribution is 6.41. The van der Waals surface area contributed by atoms with Gasteiger partial charge in [-0.3, -0.25) is 14.9 Å². The van der Waals surface area contributed by atoms with Crippen LogP contribution in [0.15, 0.2) is 36.4 Å². The summed E-state index contributed by atoms with van der Waals surface area (Å²) in [7, 11) is 0. The lowest BCUT2D eigenvalue weighted by Gasteiger charge is -2.10. The van der Waals surface area contributed by atoms with Crippen molar-refractivity contribution in [2.45, 2.75) is 6.92 Å². The van der Waals surface area contributed by atoms with Crippen LogP contribution in [0.25, 0.3) is 0 Å². The Kier molecular flexibility index (Phi) is 6.54. The third-order valence-corrected chi connectivity index (χ3v) is 3.84. The summed E-state index contributed by atoms with van der Waals surface area (Å²) >= 11 is 12.3. The quantitative estimate of drug-likeness (QED) is 0.302. The van der Waals surface area contributed by atoms with Gasteiger partial charge >= 0.3 is 5.97 Å². The second-order valence-corrected chi connectivity index (χ2v) is 5.80. The fraction of sp³-hybridized carbons (Fsp3) is 0.176. The van der Waals surface area contributed by atoms with Crippen LogP contribution in [-0.2, 0) is 9.53 Å². The Bertz CT molecular complexity index is 828. The summed E-state index contributed by atoms with van der Waals surface area (Å²) in [4.78, 5) is 34.0. The van der Waals surface area contributed by atoms with Crippen LogP contribution >= 0.6 is 23.2 Å². The molecule has 2 rings (SSSR count). The summed E-state index contributed by atoms with van der Waals surface area (Å²) in [6, 6.07) is 7.77. The van der Waals surface area contributed by atoms with Gasteiger partial charge in [-0.1, -0.05) is 23.2 Å². The molecule has 0 unspecified atom stereocenters. The molecule has 0 N–H and O–H groups in total. The summed E-state index contributed by atoms with van der Waals surface area (Å²) in [5.74, 6) is -0.842. The lowest BCUT2D eigenvalue weighted by Crippen LogP contribution is -2.14. The zero-order chi connectivity index (χ0) is 19.3. The van der Waals surface area contributed by atoms with E-state index >= 15 is 0 Å². The van der Waals surface area contributed by atoms with Crippen molar-refractivity contribution in [1.82, 2.24) is 0 Å². The van der Waals surface area contributed by atoms with Crippen LogP contribution in [0.3, 0.4) is 0 Å². The Morgan fingerprint density at radius 2 is 1.69 bits per heavy atom. The van der Waals surface area contributed by atoms with Crippen molar-refractivity contribution in [3.8, 4) is 5.75 Å². The van der Waals surface area contributed by atoms with E-state index in [2.05, 4.69) is 0 Å². The van der Waals surface area contributed by atoms with E-state index in [0.717, 1.165) is 0 Å². The lowest BCUT2D eigenvalue weighted by molar-refractivity contribution is -0.384. The average Bonchev–Trinajstić information content (AvgIpc) is 2.59. The van der Waals surface area contributed by atoms with E-state index < -0.39 is 16.7 Å². The molecule has 2 aromatic carbocycles. The monoisotopic (exact) mass is 397 g/mol. The Hall–Kier alpha value is -2.64. The lowest BCUT2D eigenvalue weighted by atomic mass is 10.0. The van der Waals surface area contributed by atoms with Crippen molar-refractivity contribution in [3.05, 3.63) is 67.7 Å². The maximum atomic E-state index is 12.6. The molecule has 7 nitrogen and oxygen atoms in total. The molecule has 0 aliphatic rings. The van der Waals surface area contributed by atoms with Gasteiger partial charge in [0, 0.05) is 17.7 Å². The van der Waals surface area contributed by atoms with Crippen LogP contribution in [0.4, 0.5) is 5.69 Å². The van der Waals surface area contributed by atoms with E-state index in [9.17, 15) is 19.7 Å². The first-order valence-electron chi connectivity index (χ1n) is 7.40. The van der Waals surface area contributed by atoms with Gasteiger partial charge in [0.05, 0.1) is 27.1 Å². The van der Waals surface area contributed by atoms with Crippen LogP contribution < -0.4 is 4.74 Å². The Morgan fingerprint density at radius 3 is 2.19 bits per heavy atom. The number of nitro benzene ring substituents is 1. The number of carbonyl (C=O) groups is 2. The minimum atomic E-state index is -0.566. The van der Waals surface area contributed by atoms with Gasteiger partial charge in [-0.2, -0.15) is 0 Å². The Balaban J connectivity index is 2.22. The second kappa shape index (κ2) is 8.64. The molecular weight excluding hydrogens is 385 g/mol. The summed E-state index contributed by atoms with van der Waals surface area (Å²) in [5, 5.41) is 10.7. The summed E-state index contributed by atoms with van der Waals surface area (Å²) in [5.41, 5.74) is 0.0896. The fourth-order valence-electron chi connectivity index (χ4n) is 2.07. The molecule has 0 amide bonds. The average molecular weight is 398 g/mol. The molecule has 0 aromatic heterocycles. The Labute approximate surface area is 158 Å². The largest absolute Gasteiger partial charge is 0.482 e. The number of nitrogens with zero attached hydrogens (tertiary/aromatic N) is 1. The minimum absolute atomic E-state index is 0.0275. The molecule has 136 valence electrons. The number of rotatable bonds is 7. The predicted octanol–water partition coefficient (Wildman–Crippen LogP) is 4.07. The highest BCUT2D eigenvalue weighted by Crippen LogP contribution is 2.32. The molecular formula is C17H13Cl2NO6. The van der Waals surface area contributed by atoms with Gasteiger partial charge in [0.1, 0.15) is 5.75 Å². The van der Waals surface area contributed by atoms with Crippen LogP contribution in [-0.4, -0.2) is 29.9 Å². The summed E-state index contributed by atoms with van der Waals surface area (Å²) < 4.78 is 9.97. The molecule has 9 heteroatoms. The topological polar surface area (TPSA) is 95.7 Å². The first-order chi connectivity index (χ1) is 12.3. The van der Waals surface area contributed by atoms with Gasteiger partial charge in [-0.15, -0.1) is 0 Å². The molecule has 0 saturated carbocycles. The number of benzene rings is 2.